The highest BCUT2D eigenvalue weighted by molar-refractivity contribution is 6.29. The summed E-state index contributed by atoms with van der Waals surface area (Å²) < 4.78 is 24.4. The SMILES string of the molecule is OCCN(CC(F)F)c1cc(Cl)ncn1. The molecule has 0 aliphatic rings. The monoisotopic (exact) mass is 237 g/mol. The van der Waals surface area contributed by atoms with Gasteiger partial charge >= 0.3 is 0 Å². The van der Waals surface area contributed by atoms with E-state index in [1.54, 1.807) is 0 Å². The van der Waals surface area contributed by atoms with Crippen LogP contribution in [0, 0.1) is 0 Å². The molecule has 0 aliphatic heterocycles. The van der Waals surface area contributed by atoms with Crippen LogP contribution in [0.4, 0.5) is 14.6 Å². The van der Waals surface area contributed by atoms with Crippen LogP contribution in [0.5, 0.6) is 0 Å². The van der Waals surface area contributed by atoms with E-state index in [0.717, 1.165) is 0 Å². The Morgan fingerprint density at radius 3 is 2.73 bits per heavy atom. The molecule has 0 unspecified atom stereocenters. The highest BCUT2D eigenvalue weighted by Crippen LogP contribution is 2.14. The lowest BCUT2D eigenvalue weighted by molar-refractivity contribution is 0.152. The van der Waals surface area contributed by atoms with E-state index in [2.05, 4.69) is 9.97 Å². The lowest BCUT2D eigenvalue weighted by Crippen LogP contribution is -2.32. The summed E-state index contributed by atoms with van der Waals surface area (Å²) in [5.74, 6) is 0.282. The van der Waals surface area contributed by atoms with Crippen molar-refractivity contribution in [2.24, 2.45) is 0 Å². The summed E-state index contributed by atoms with van der Waals surface area (Å²) in [6.45, 7) is -0.639. The first-order valence-electron chi connectivity index (χ1n) is 4.25. The van der Waals surface area contributed by atoms with Crippen LogP contribution in [-0.4, -0.2) is 41.2 Å². The lowest BCUT2D eigenvalue weighted by Gasteiger charge is -2.21. The van der Waals surface area contributed by atoms with Gasteiger partial charge in [-0.1, -0.05) is 11.6 Å². The van der Waals surface area contributed by atoms with E-state index in [9.17, 15) is 8.78 Å². The van der Waals surface area contributed by atoms with Gasteiger partial charge in [-0.25, -0.2) is 18.7 Å². The molecule has 7 heteroatoms. The summed E-state index contributed by atoms with van der Waals surface area (Å²) in [6, 6.07) is 1.37. The summed E-state index contributed by atoms with van der Waals surface area (Å²) in [5, 5.41) is 8.90. The topological polar surface area (TPSA) is 49.2 Å². The maximum atomic E-state index is 12.2. The van der Waals surface area contributed by atoms with Crippen molar-refractivity contribution >= 4 is 17.4 Å². The Bertz CT molecular complexity index is 314. The van der Waals surface area contributed by atoms with E-state index in [-0.39, 0.29) is 24.1 Å². The normalized spacial score (nSPS) is 10.7. The molecule has 1 N–H and O–H groups in total. The van der Waals surface area contributed by atoms with Crippen molar-refractivity contribution in [2.45, 2.75) is 6.43 Å². The second-order valence-corrected chi connectivity index (χ2v) is 3.15. The minimum atomic E-state index is -2.50. The number of halogens is 3. The summed E-state index contributed by atoms with van der Waals surface area (Å²) in [7, 11) is 0. The number of aliphatic hydroxyl groups is 1. The largest absolute Gasteiger partial charge is 0.395 e. The molecular weight excluding hydrogens is 228 g/mol. The molecule has 1 aromatic rings. The number of alkyl halides is 2. The minimum absolute atomic E-state index is 0.0810. The molecule has 0 aromatic carbocycles. The average Bonchev–Trinajstić information content (AvgIpc) is 2.16. The van der Waals surface area contributed by atoms with Gasteiger partial charge in [0.25, 0.3) is 6.43 Å². The van der Waals surface area contributed by atoms with Gasteiger partial charge in [-0.15, -0.1) is 0 Å². The first-order chi connectivity index (χ1) is 7.13. The molecule has 84 valence electrons. The average molecular weight is 238 g/mol. The number of hydrogen-bond donors (Lipinski definition) is 1. The van der Waals surface area contributed by atoms with E-state index >= 15 is 0 Å². The molecule has 1 rings (SSSR count). The van der Waals surface area contributed by atoms with Crippen molar-refractivity contribution in [1.82, 2.24) is 9.97 Å². The van der Waals surface area contributed by atoms with Crippen molar-refractivity contribution in [1.29, 1.82) is 0 Å². The first kappa shape index (κ1) is 12.1. The zero-order valence-corrected chi connectivity index (χ0v) is 8.53. The van der Waals surface area contributed by atoms with Crippen LogP contribution in [0.3, 0.4) is 0 Å². The molecule has 0 fully saturated rings. The van der Waals surface area contributed by atoms with Gasteiger partial charge in [0.2, 0.25) is 0 Å². The van der Waals surface area contributed by atoms with Crippen molar-refractivity contribution in [3.05, 3.63) is 17.5 Å². The van der Waals surface area contributed by atoms with E-state index < -0.39 is 13.0 Å². The fourth-order valence-electron chi connectivity index (χ4n) is 1.08. The van der Waals surface area contributed by atoms with Gasteiger partial charge in [0, 0.05) is 12.6 Å². The van der Waals surface area contributed by atoms with Crippen LogP contribution in [0.1, 0.15) is 0 Å². The number of anilines is 1. The molecule has 0 amide bonds. The Kier molecular flexibility index (Phi) is 4.64. The van der Waals surface area contributed by atoms with Gasteiger partial charge in [-0.3, -0.25) is 0 Å². The van der Waals surface area contributed by atoms with Gasteiger partial charge in [0.15, 0.2) is 0 Å². The molecule has 0 radical (unpaired) electrons. The summed E-state index contributed by atoms with van der Waals surface area (Å²) in [6.07, 6.45) is -1.31. The standard InChI is InChI=1S/C8H10ClF2N3O/c9-6-3-8(13-5-12-6)14(1-2-15)4-7(10)11/h3,5,7,15H,1-2,4H2. The molecular formula is C8H10ClF2N3O. The van der Waals surface area contributed by atoms with Gasteiger partial charge in [0.1, 0.15) is 17.3 Å². The number of nitrogens with zero attached hydrogens (tertiary/aromatic N) is 3. The molecule has 0 saturated carbocycles. The Morgan fingerprint density at radius 2 is 2.20 bits per heavy atom. The zero-order valence-electron chi connectivity index (χ0n) is 7.78. The maximum absolute atomic E-state index is 12.2. The van der Waals surface area contributed by atoms with Gasteiger partial charge in [-0.05, 0) is 0 Å². The molecule has 0 atom stereocenters. The summed E-state index contributed by atoms with van der Waals surface area (Å²) in [5.41, 5.74) is 0. The predicted molar refractivity (Wildman–Crippen MR) is 52.3 cm³/mol. The zero-order chi connectivity index (χ0) is 11.3. The quantitative estimate of drug-likeness (QED) is 0.782. The van der Waals surface area contributed by atoms with Crippen molar-refractivity contribution in [3.8, 4) is 0 Å². The van der Waals surface area contributed by atoms with Crippen molar-refractivity contribution in [2.75, 3.05) is 24.6 Å². The van der Waals surface area contributed by atoms with Gasteiger partial charge in [0.05, 0.1) is 13.2 Å². The van der Waals surface area contributed by atoms with Crippen LogP contribution in [-0.2, 0) is 0 Å². The number of rotatable bonds is 5. The Balaban J connectivity index is 2.78. The Morgan fingerprint density at radius 1 is 1.47 bits per heavy atom. The fourth-order valence-corrected chi connectivity index (χ4v) is 1.23. The van der Waals surface area contributed by atoms with E-state index in [0.29, 0.717) is 0 Å². The first-order valence-corrected chi connectivity index (χ1v) is 4.62. The molecule has 0 saturated heterocycles. The van der Waals surface area contributed by atoms with E-state index in [1.165, 1.54) is 17.3 Å². The number of aliphatic hydroxyl groups excluding tert-OH is 1. The molecule has 4 nitrogen and oxygen atoms in total. The second kappa shape index (κ2) is 5.77. The highest BCUT2D eigenvalue weighted by Gasteiger charge is 2.13. The third-order valence-electron chi connectivity index (χ3n) is 1.67. The fraction of sp³-hybridized carbons (Fsp3) is 0.500. The van der Waals surface area contributed by atoms with Crippen molar-refractivity contribution in [3.63, 3.8) is 0 Å². The molecule has 1 heterocycles. The van der Waals surface area contributed by atoms with Crippen LogP contribution in [0.2, 0.25) is 5.15 Å². The minimum Gasteiger partial charge on any atom is -0.395 e. The number of hydrogen-bond acceptors (Lipinski definition) is 4. The second-order valence-electron chi connectivity index (χ2n) is 2.76. The van der Waals surface area contributed by atoms with E-state index in [4.69, 9.17) is 16.7 Å². The smallest absolute Gasteiger partial charge is 0.255 e. The molecule has 1 aromatic heterocycles. The third-order valence-corrected chi connectivity index (χ3v) is 1.88. The van der Waals surface area contributed by atoms with Crippen LogP contribution in [0.15, 0.2) is 12.4 Å². The van der Waals surface area contributed by atoms with Gasteiger partial charge < -0.3 is 10.0 Å². The van der Waals surface area contributed by atoms with E-state index in [1.807, 2.05) is 0 Å². The summed E-state index contributed by atoms with van der Waals surface area (Å²) in [4.78, 5) is 8.68. The molecule has 0 aliphatic carbocycles. The molecule has 0 spiro atoms. The van der Waals surface area contributed by atoms with Gasteiger partial charge in [-0.2, -0.15) is 0 Å². The molecule has 15 heavy (non-hydrogen) atoms. The lowest BCUT2D eigenvalue weighted by atomic mass is 10.4. The highest BCUT2D eigenvalue weighted by atomic mass is 35.5. The summed E-state index contributed by atoms with van der Waals surface area (Å²) >= 11 is 5.60. The Labute approximate surface area is 90.5 Å². The predicted octanol–water partition coefficient (Wildman–Crippen LogP) is 1.19. The van der Waals surface area contributed by atoms with Crippen molar-refractivity contribution < 1.29 is 13.9 Å². The molecule has 0 bridgehead atoms. The number of aromatic nitrogens is 2. The van der Waals surface area contributed by atoms with Crippen LogP contribution < -0.4 is 4.90 Å². The maximum Gasteiger partial charge on any atom is 0.255 e. The van der Waals surface area contributed by atoms with Crippen LogP contribution >= 0.6 is 11.6 Å². The third kappa shape index (κ3) is 3.93. The van der Waals surface area contributed by atoms with Crippen LogP contribution in [0.25, 0.3) is 0 Å². The Hall–Kier alpha value is -1.01.